The molecule has 1 unspecified atom stereocenters. The Morgan fingerprint density at radius 3 is 2.77 bits per heavy atom. The van der Waals surface area contributed by atoms with Crippen LogP contribution in [0.2, 0.25) is 0 Å². The second-order valence-electron chi connectivity index (χ2n) is 7.45. The highest BCUT2D eigenvalue weighted by molar-refractivity contribution is 5.94. The van der Waals surface area contributed by atoms with Crippen molar-refractivity contribution < 1.29 is 14.3 Å². The molecule has 1 aliphatic heterocycles. The summed E-state index contributed by atoms with van der Waals surface area (Å²) in [5, 5.41) is 9.61. The zero-order valence-corrected chi connectivity index (χ0v) is 18.5. The van der Waals surface area contributed by atoms with E-state index >= 15 is 0 Å². The standard InChI is InChI=1S/C24H32N4O3/c1-4-12-31-21-11-10-17(13-22(21)30-3)15-26-24(25-5-2)27-16-18-14-23(29)28-20-9-7-6-8-19(18)20/h6-11,13,18H,4-5,12,14-16H2,1-3H3,(H,28,29)(H2,25,26,27). The van der Waals surface area contributed by atoms with Gasteiger partial charge >= 0.3 is 0 Å². The molecule has 0 spiro atoms. The van der Waals surface area contributed by atoms with Gasteiger partial charge in [-0.15, -0.1) is 0 Å². The summed E-state index contributed by atoms with van der Waals surface area (Å²) in [5.74, 6) is 2.32. The second kappa shape index (κ2) is 11.2. The van der Waals surface area contributed by atoms with Gasteiger partial charge < -0.3 is 25.4 Å². The van der Waals surface area contributed by atoms with Gasteiger partial charge in [-0.2, -0.15) is 0 Å². The number of anilines is 1. The lowest BCUT2D eigenvalue weighted by Crippen LogP contribution is -2.40. The van der Waals surface area contributed by atoms with Crippen molar-refractivity contribution in [2.75, 3.05) is 32.1 Å². The molecule has 0 saturated carbocycles. The molecule has 0 aromatic heterocycles. The number of hydrogen-bond acceptors (Lipinski definition) is 4. The molecule has 2 aromatic carbocycles. The maximum atomic E-state index is 12.1. The topological polar surface area (TPSA) is 84.0 Å². The van der Waals surface area contributed by atoms with Crippen LogP contribution in [0.3, 0.4) is 0 Å². The highest BCUT2D eigenvalue weighted by atomic mass is 16.5. The van der Waals surface area contributed by atoms with E-state index in [0.717, 1.165) is 41.5 Å². The first-order chi connectivity index (χ1) is 15.1. The molecule has 1 heterocycles. The number of hydrogen-bond donors (Lipinski definition) is 3. The van der Waals surface area contributed by atoms with Crippen molar-refractivity contribution >= 4 is 17.6 Å². The van der Waals surface area contributed by atoms with E-state index in [9.17, 15) is 4.79 Å². The fourth-order valence-corrected chi connectivity index (χ4v) is 3.56. The number of carbonyl (C=O) groups excluding carboxylic acids is 1. The first-order valence-electron chi connectivity index (χ1n) is 10.8. The van der Waals surface area contributed by atoms with Gasteiger partial charge in [0.25, 0.3) is 0 Å². The third-order valence-corrected chi connectivity index (χ3v) is 5.08. The lowest BCUT2D eigenvalue weighted by atomic mass is 9.90. The minimum absolute atomic E-state index is 0.0462. The van der Waals surface area contributed by atoms with Crippen LogP contribution >= 0.6 is 0 Å². The van der Waals surface area contributed by atoms with Crippen molar-refractivity contribution in [3.8, 4) is 11.5 Å². The molecule has 166 valence electrons. The van der Waals surface area contributed by atoms with E-state index in [4.69, 9.17) is 14.5 Å². The summed E-state index contributed by atoms with van der Waals surface area (Å²) in [6.07, 6.45) is 1.40. The van der Waals surface area contributed by atoms with Crippen LogP contribution in [0.4, 0.5) is 5.69 Å². The first kappa shape index (κ1) is 22.5. The molecule has 0 bridgehead atoms. The number of carbonyl (C=O) groups is 1. The van der Waals surface area contributed by atoms with E-state index in [1.165, 1.54) is 0 Å². The molecule has 7 heteroatoms. The second-order valence-corrected chi connectivity index (χ2v) is 7.45. The number of aliphatic imine (C=N–C) groups is 1. The van der Waals surface area contributed by atoms with Crippen LogP contribution in [-0.4, -0.2) is 38.7 Å². The highest BCUT2D eigenvalue weighted by Crippen LogP contribution is 2.31. The van der Waals surface area contributed by atoms with E-state index in [1.807, 2.05) is 43.3 Å². The predicted molar refractivity (Wildman–Crippen MR) is 124 cm³/mol. The van der Waals surface area contributed by atoms with Crippen molar-refractivity contribution in [1.82, 2.24) is 10.6 Å². The first-order valence-corrected chi connectivity index (χ1v) is 10.8. The number of nitrogens with zero attached hydrogens (tertiary/aromatic N) is 1. The third kappa shape index (κ3) is 6.13. The largest absolute Gasteiger partial charge is 0.493 e. The van der Waals surface area contributed by atoms with Crippen LogP contribution in [0.1, 0.15) is 43.7 Å². The van der Waals surface area contributed by atoms with Gasteiger partial charge in [-0.05, 0) is 42.7 Å². The van der Waals surface area contributed by atoms with Crippen LogP contribution in [0.15, 0.2) is 47.5 Å². The Kier molecular flexibility index (Phi) is 8.15. The predicted octanol–water partition coefficient (Wildman–Crippen LogP) is 3.67. The summed E-state index contributed by atoms with van der Waals surface area (Å²) >= 11 is 0. The van der Waals surface area contributed by atoms with Crippen molar-refractivity contribution in [2.24, 2.45) is 4.99 Å². The van der Waals surface area contributed by atoms with Crippen molar-refractivity contribution in [3.05, 3.63) is 53.6 Å². The molecule has 7 nitrogen and oxygen atoms in total. The summed E-state index contributed by atoms with van der Waals surface area (Å²) in [6, 6.07) is 13.8. The fourth-order valence-electron chi connectivity index (χ4n) is 3.56. The summed E-state index contributed by atoms with van der Waals surface area (Å²) in [4.78, 5) is 16.8. The number of nitrogens with one attached hydrogen (secondary N) is 3. The van der Waals surface area contributed by atoms with Crippen LogP contribution in [0, 0.1) is 0 Å². The Balaban J connectivity index is 1.66. The molecule has 1 aliphatic rings. The van der Waals surface area contributed by atoms with Gasteiger partial charge in [0.05, 0.1) is 20.3 Å². The number of benzene rings is 2. The number of guanidine groups is 1. The van der Waals surface area contributed by atoms with Gasteiger partial charge in [-0.25, -0.2) is 4.99 Å². The van der Waals surface area contributed by atoms with E-state index in [-0.39, 0.29) is 11.8 Å². The van der Waals surface area contributed by atoms with Crippen molar-refractivity contribution in [2.45, 2.75) is 39.2 Å². The van der Waals surface area contributed by atoms with Gasteiger partial charge in [-0.3, -0.25) is 4.79 Å². The number of para-hydroxylation sites is 1. The summed E-state index contributed by atoms with van der Waals surface area (Å²) in [7, 11) is 1.64. The molecule has 2 aromatic rings. The Morgan fingerprint density at radius 1 is 1.16 bits per heavy atom. The van der Waals surface area contributed by atoms with Crippen LogP contribution in [0.25, 0.3) is 0 Å². The Morgan fingerprint density at radius 2 is 2.00 bits per heavy atom. The minimum Gasteiger partial charge on any atom is -0.493 e. The highest BCUT2D eigenvalue weighted by Gasteiger charge is 2.24. The van der Waals surface area contributed by atoms with E-state index in [1.54, 1.807) is 7.11 Å². The lowest BCUT2D eigenvalue weighted by Gasteiger charge is -2.26. The van der Waals surface area contributed by atoms with Gasteiger partial charge in [0, 0.05) is 31.1 Å². The molecule has 0 fully saturated rings. The molecular formula is C24H32N4O3. The molecular weight excluding hydrogens is 392 g/mol. The normalized spacial score (nSPS) is 15.6. The zero-order valence-electron chi connectivity index (χ0n) is 18.5. The average Bonchev–Trinajstić information content (AvgIpc) is 2.79. The number of ether oxygens (including phenoxy) is 2. The molecule has 0 saturated heterocycles. The Labute approximate surface area is 184 Å². The number of fused-ring (bicyclic) bond motifs is 1. The summed E-state index contributed by atoms with van der Waals surface area (Å²) in [6.45, 7) is 6.64. The quantitative estimate of drug-likeness (QED) is 0.423. The summed E-state index contributed by atoms with van der Waals surface area (Å²) < 4.78 is 11.2. The van der Waals surface area contributed by atoms with Gasteiger partial charge in [0.2, 0.25) is 5.91 Å². The summed E-state index contributed by atoms with van der Waals surface area (Å²) in [5.41, 5.74) is 3.07. The molecule has 1 atom stereocenters. The van der Waals surface area contributed by atoms with Gasteiger partial charge in [-0.1, -0.05) is 31.2 Å². The van der Waals surface area contributed by atoms with Crippen molar-refractivity contribution in [3.63, 3.8) is 0 Å². The smallest absolute Gasteiger partial charge is 0.225 e. The Hall–Kier alpha value is -3.22. The van der Waals surface area contributed by atoms with Crippen molar-refractivity contribution in [1.29, 1.82) is 0 Å². The zero-order chi connectivity index (χ0) is 22.1. The Bertz CT molecular complexity index is 913. The molecule has 31 heavy (non-hydrogen) atoms. The molecule has 3 rings (SSSR count). The van der Waals surface area contributed by atoms with Crippen LogP contribution in [0.5, 0.6) is 11.5 Å². The lowest BCUT2D eigenvalue weighted by molar-refractivity contribution is -0.116. The van der Waals surface area contributed by atoms with Gasteiger partial charge in [0.15, 0.2) is 17.5 Å². The molecule has 0 radical (unpaired) electrons. The number of rotatable bonds is 9. The maximum Gasteiger partial charge on any atom is 0.225 e. The average molecular weight is 425 g/mol. The maximum absolute atomic E-state index is 12.1. The number of methoxy groups -OCH3 is 1. The number of amides is 1. The van der Waals surface area contributed by atoms with Crippen LogP contribution < -0.4 is 25.4 Å². The van der Waals surface area contributed by atoms with E-state index in [2.05, 4.69) is 28.9 Å². The third-order valence-electron chi connectivity index (χ3n) is 5.08. The van der Waals surface area contributed by atoms with Gasteiger partial charge in [0.1, 0.15) is 0 Å². The van der Waals surface area contributed by atoms with E-state index in [0.29, 0.717) is 31.9 Å². The van der Waals surface area contributed by atoms with E-state index < -0.39 is 0 Å². The SMILES string of the molecule is CCCOc1ccc(CN=C(NCC)NCC2CC(=O)Nc3ccccc32)cc1OC. The molecule has 3 N–H and O–H groups in total. The minimum atomic E-state index is 0.0462. The molecule has 0 aliphatic carbocycles. The molecule has 1 amide bonds. The fraction of sp³-hybridized carbons (Fsp3) is 0.417. The van der Waals surface area contributed by atoms with Crippen LogP contribution in [-0.2, 0) is 11.3 Å². The monoisotopic (exact) mass is 424 g/mol.